The second-order valence-electron chi connectivity index (χ2n) is 6.86. The smallest absolute Gasteiger partial charge is 0.255 e. The Kier molecular flexibility index (Phi) is 5.83. The second kappa shape index (κ2) is 8.27. The highest BCUT2D eigenvalue weighted by molar-refractivity contribution is 5.93. The molecule has 0 saturated carbocycles. The third-order valence-corrected chi connectivity index (χ3v) is 4.20. The molecule has 25 heavy (non-hydrogen) atoms. The maximum Gasteiger partial charge on any atom is 0.255 e. The van der Waals surface area contributed by atoms with E-state index in [1.807, 2.05) is 28.9 Å². The Morgan fingerprint density at radius 3 is 2.88 bits per heavy atom. The van der Waals surface area contributed by atoms with Crippen LogP contribution in [0.4, 0.5) is 5.82 Å². The van der Waals surface area contributed by atoms with E-state index < -0.39 is 6.10 Å². The molecule has 1 saturated heterocycles. The number of carbonyl (C=O) groups excluding carboxylic acids is 1. The Bertz CT molecular complexity index is 684. The topological polar surface area (TPSA) is 59.4 Å². The summed E-state index contributed by atoms with van der Waals surface area (Å²) in [5.74, 6) is 1.08. The van der Waals surface area contributed by atoms with Crippen molar-refractivity contribution in [3.05, 3.63) is 48.2 Å². The van der Waals surface area contributed by atoms with Crippen LogP contribution in [0.15, 0.2) is 42.6 Å². The summed E-state index contributed by atoms with van der Waals surface area (Å²) in [7, 11) is 0. The number of benzene rings is 1. The van der Waals surface area contributed by atoms with E-state index in [-0.39, 0.29) is 5.91 Å². The molecule has 134 valence electrons. The van der Waals surface area contributed by atoms with Crippen molar-refractivity contribution in [3.63, 3.8) is 0 Å². The Hall–Kier alpha value is -2.18. The molecule has 1 N–H and O–H groups in total. The number of nitrogens with one attached hydrogen (secondary N) is 1. The highest BCUT2D eigenvalue weighted by atomic mass is 16.5. The van der Waals surface area contributed by atoms with Crippen LogP contribution in [0.3, 0.4) is 0 Å². The third-order valence-electron chi connectivity index (χ3n) is 4.20. The summed E-state index contributed by atoms with van der Waals surface area (Å²) in [6, 6.07) is 12.1. The van der Waals surface area contributed by atoms with E-state index >= 15 is 0 Å². The van der Waals surface area contributed by atoms with Crippen molar-refractivity contribution in [2.45, 2.75) is 33.0 Å². The van der Waals surface area contributed by atoms with Crippen molar-refractivity contribution < 1.29 is 9.53 Å². The van der Waals surface area contributed by atoms with E-state index in [1.54, 1.807) is 6.20 Å². The summed E-state index contributed by atoms with van der Waals surface area (Å²) in [5.41, 5.74) is 1.25. The maximum absolute atomic E-state index is 12.6. The zero-order valence-corrected chi connectivity index (χ0v) is 14.9. The molecule has 1 aliphatic rings. The lowest BCUT2D eigenvalue weighted by molar-refractivity contribution is -0.133. The van der Waals surface area contributed by atoms with Gasteiger partial charge in [-0.1, -0.05) is 44.2 Å². The quantitative estimate of drug-likeness (QED) is 0.876. The van der Waals surface area contributed by atoms with E-state index in [0.717, 1.165) is 25.5 Å². The van der Waals surface area contributed by atoms with Crippen molar-refractivity contribution in [2.24, 2.45) is 5.92 Å². The van der Waals surface area contributed by atoms with Crippen LogP contribution in [0.5, 0.6) is 0 Å². The normalized spacial score (nSPS) is 18.4. The van der Waals surface area contributed by atoms with Crippen molar-refractivity contribution in [3.8, 4) is 0 Å². The number of carbonyl (C=O) groups is 1. The molecule has 1 aliphatic heterocycles. The van der Waals surface area contributed by atoms with Gasteiger partial charge in [-0.2, -0.15) is 5.10 Å². The predicted octanol–water partition coefficient (Wildman–Crippen LogP) is 2.38. The van der Waals surface area contributed by atoms with Gasteiger partial charge in [0.1, 0.15) is 11.9 Å². The highest BCUT2D eigenvalue weighted by Crippen LogP contribution is 2.14. The van der Waals surface area contributed by atoms with Gasteiger partial charge in [-0.25, -0.2) is 4.68 Å². The number of hydrogen-bond acceptors (Lipinski definition) is 4. The number of aromatic nitrogens is 2. The van der Waals surface area contributed by atoms with E-state index in [1.165, 1.54) is 5.56 Å². The molecule has 1 aromatic carbocycles. The minimum atomic E-state index is -0.458. The van der Waals surface area contributed by atoms with E-state index in [9.17, 15) is 4.79 Å². The molecule has 2 aromatic rings. The van der Waals surface area contributed by atoms with Crippen LogP contribution in [0.2, 0.25) is 0 Å². The summed E-state index contributed by atoms with van der Waals surface area (Å²) in [4.78, 5) is 14.9. The molecular formula is C19H26N4O2. The maximum atomic E-state index is 12.6. The van der Waals surface area contributed by atoms with Crippen LogP contribution >= 0.6 is 0 Å². The fourth-order valence-corrected chi connectivity index (χ4v) is 2.98. The Morgan fingerprint density at radius 1 is 1.32 bits per heavy atom. The molecule has 6 nitrogen and oxygen atoms in total. The molecule has 2 heterocycles. The van der Waals surface area contributed by atoms with E-state index in [0.29, 0.717) is 19.1 Å². The van der Waals surface area contributed by atoms with Crippen LogP contribution in [-0.2, 0) is 22.6 Å². The number of rotatable bonds is 6. The van der Waals surface area contributed by atoms with Crippen LogP contribution in [0.25, 0.3) is 0 Å². The fraction of sp³-hybridized carbons (Fsp3) is 0.474. The molecule has 0 spiro atoms. The molecule has 0 radical (unpaired) electrons. The number of ether oxygens (including phenoxy) is 1. The number of amides is 1. The third kappa shape index (κ3) is 4.90. The van der Waals surface area contributed by atoms with Crippen LogP contribution < -0.4 is 5.32 Å². The number of hydrogen-bond donors (Lipinski definition) is 1. The lowest BCUT2D eigenvalue weighted by atomic mass is 10.2. The van der Waals surface area contributed by atoms with Crippen molar-refractivity contribution in [1.29, 1.82) is 0 Å². The molecule has 3 rings (SSSR count). The molecule has 1 amide bonds. The Morgan fingerprint density at radius 2 is 2.12 bits per heavy atom. The van der Waals surface area contributed by atoms with E-state index in [4.69, 9.17) is 4.74 Å². The number of nitrogens with zero attached hydrogens (tertiary/aromatic N) is 3. The average Bonchev–Trinajstić information content (AvgIpc) is 3.02. The van der Waals surface area contributed by atoms with Gasteiger partial charge < -0.3 is 10.1 Å². The number of morpholine rings is 1. The standard InChI is InChI=1S/C19H26N4O2/c1-15(2)12-23-18(8-9-20-23)21-19(24)17-14-22(10-11-25-17)13-16-6-4-3-5-7-16/h3-9,15,17H,10-14H2,1-2H3,(H,21,24). The molecular weight excluding hydrogens is 316 g/mol. The molecule has 0 bridgehead atoms. The SMILES string of the molecule is CC(C)Cn1nccc1NC(=O)C1CN(Cc2ccccc2)CCO1. The van der Waals surface area contributed by atoms with Gasteiger partial charge in [0.15, 0.2) is 0 Å². The molecule has 6 heteroatoms. The van der Waals surface area contributed by atoms with Gasteiger partial charge in [0.25, 0.3) is 5.91 Å². The van der Waals surface area contributed by atoms with Crippen molar-refractivity contribution >= 4 is 11.7 Å². The van der Waals surface area contributed by atoms with Gasteiger partial charge in [0.2, 0.25) is 0 Å². The predicted molar refractivity (Wildman–Crippen MR) is 97.2 cm³/mol. The molecule has 1 atom stereocenters. The molecule has 1 aromatic heterocycles. The first kappa shape index (κ1) is 17.6. The summed E-state index contributed by atoms with van der Waals surface area (Å²) >= 11 is 0. The highest BCUT2D eigenvalue weighted by Gasteiger charge is 2.27. The minimum Gasteiger partial charge on any atom is -0.366 e. The zero-order chi connectivity index (χ0) is 17.6. The summed E-state index contributed by atoms with van der Waals surface area (Å²) in [6.07, 6.45) is 1.25. The molecule has 1 fully saturated rings. The summed E-state index contributed by atoms with van der Waals surface area (Å²) in [6.45, 7) is 7.85. The fourth-order valence-electron chi connectivity index (χ4n) is 2.98. The summed E-state index contributed by atoms with van der Waals surface area (Å²) in [5, 5.41) is 7.24. The lowest BCUT2D eigenvalue weighted by Gasteiger charge is -2.32. The van der Waals surface area contributed by atoms with Gasteiger partial charge in [-0.3, -0.25) is 9.69 Å². The zero-order valence-electron chi connectivity index (χ0n) is 14.9. The second-order valence-corrected chi connectivity index (χ2v) is 6.86. The number of anilines is 1. The Labute approximate surface area is 148 Å². The average molecular weight is 342 g/mol. The lowest BCUT2D eigenvalue weighted by Crippen LogP contribution is -2.47. The van der Waals surface area contributed by atoms with Crippen LogP contribution in [0.1, 0.15) is 19.4 Å². The van der Waals surface area contributed by atoms with E-state index in [2.05, 4.69) is 41.3 Å². The first-order valence-electron chi connectivity index (χ1n) is 8.82. The largest absolute Gasteiger partial charge is 0.366 e. The minimum absolute atomic E-state index is 0.108. The van der Waals surface area contributed by atoms with Gasteiger partial charge in [-0.15, -0.1) is 0 Å². The van der Waals surface area contributed by atoms with Crippen LogP contribution in [-0.4, -0.2) is 46.4 Å². The first-order chi connectivity index (χ1) is 12.1. The Balaban J connectivity index is 1.58. The monoisotopic (exact) mass is 342 g/mol. The first-order valence-corrected chi connectivity index (χ1v) is 8.82. The van der Waals surface area contributed by atoms with Gasteiger partial charge >= 0.3 is 0 Å². The molecule has 1 unspecified atom stereocenters. The molecule has 0 aliphatic carbocycles. The van der Waals surface area contributed by atoms with Gasteiger partial charge in [0.05, 0.1) is 12.8 Å². The van der Waals surface area contributed by atoms with Crippen molar-refractivity contribution in [2.75, 3.05) is 25.0 Å². The summed E-state index contributed by atoms with van der Waals surface area (Å²) < 4.78 is 7.52. The van der Waals surface area contributed by atoms with Crippen molar-refractivity contribution in [1.82, 2.24) is 14.7 Å². The van der Waals surface area contributed by atoms with Crippen LogP contribution in [0, 0.1) is 5.92 Å². The van der Waals surface area contributed by atoms with Gasteiger partial charge in [0, 0.05) is 32.2 Å². The van der Waals surface area contributed by atoms with Gasteiger partial charge in [-0.05, 0) is 11.5 Å².